The van der Waals surface area contributed by atoms with Crippen LogP contribution in [0.3, 0.4) is 0 Å². The van der Waals surface area contributed by atoms with E-state index in [1.54, 1.807) is 12.1 Å². The highest BCUT2D eigenvalue weighted by molar-refractivity contribution is 7.20. The third-order valence-corrected chi connectivity index (χ3v) is 5.64. The Labute approximate surface area is 148 Å². The summed E-state index contributed by atoms with van der Waals surface area (Å²) in [7, 11) is 0. The summed E-state index contributed by atoms with van der Waals surface area (Å²) in [6.45, 7) is 5.15. The van der Waals surface area contributed by atoms with Crippen LogP contribution in [-0.4, -0.2) is 35.3 Å². The third kappa shape index (κ3) is 3.29. The molecule has 130 valence electrons. The largest absolute Gasteiger partial charge is 0.351 e. The number of aromatic nitrogens is 2. The van der Waals surface area contributed by atoms with Crippen molar-refractivity contribution in [3.8, 4) is 0 Å². The number of fused-ring (bicyclic) bond motifs is 1. The van der Waals surface area contributed by atoms with Crippen LogP contribution in [-0.2, 0) is 6.54 Å². The molecular formula is C18H19FN4OS. The van der Waals surface area contributed by atoms with Crippen LogP contribution in [0.4, 0.5) is 4.39 Å². The zero-order valence-electron chi connectivity index (χ0n) is 13.9. The summed E-state index contributed by atoms with van der Waals surface area (Å²) in [6.07, 6.45) is 0. The monoisotopic (exact) mass is 358 g/mol. The molecule has 0 aliphatic carbocycles. The maximum absolute atomic E-state index is 13.1. The van der Waals surface area contributed by atoms with Gasteiger partial charge in [0.05, 0.1) is 17.1 Å². The van der Waals surface area contributed by atoms with Crippen molar-refractivity contribution in [2.75, 3.05) is 19.6 Å². The molecule has 0 atom stereocenters. The molecule has 1 fully saturated rings. The molecule has 0 radical (unpaired) electrons. The molecule has 25 heavy (non-hydrogen) atoms. The van der Waals surface area contributed by atoms with Crippen LogP contribution in [0.15, 0.2) is 30.3 Å². The van der Waals surface area contributed by atoms with Crippen molar-refractivity contribution in [2.24, 2.45) is 5.92 Å². The van der Waals surface area contributed by atoms with Crippen LogP contribution in [0, 0.1) is 18.7 Å². The van der Waals surface area contributed by atoms with Gasteiger partial charge in [0.15, 0.2) is 0 Å². The van der Waals surface area contributed by atoms with Crippen LogP contribution in [0.5, 0.6) is 0 Å². The van der Waals surface area contributed by atoms with Crippen molar-refractivity contribution < 1.29 is 9.18 Å². The van der Waals surface area contributed by atoms with Gasteiger partial charge < -0.3 is 10.6 Å². The number of amides is 1. The summed E-state index contributed by atoms with van der Waals surface area (Å²) in [5, 5.41) is 11.8. The molecule has 3 aromatic rings. The standard InChI is InChI=1S/C18H19FN4OS/c1-11-15-6-16(17(24)21-9-13-7-20-8-13)25-18(15)23(22-11)10-12-2-4-14(19)5-3-12/h2-6,13,20H,7-10H2,1H3,(H,21,24). The minimum Gasteiger partial charge on any atom is -0.351 e. The highest BCUT2D eigenvalue weighted by Crippen LogP contribution is 2.29. The van der Waals surface area contributed by atoms with Gasteiger partial charge in [0.2, 0.25) is 0 Å². The molecule has 4 rings (SSSR count). The normalized spacial score (nSPS) is 14.6. The van der Waals surface area contributed by atoms with Crippen molar-refractivity contribution in [3.63, 3.8) is 0 Å². The van der Waals surface area contributed by atoms with Crippen molar-refractivity contribution in [1.29, 1.82) is 0 Å². The first kappa shape index (κ1) is 16.2. The zero-order valence-corrected chi connectivity index (χ0v) is 14.7. The lowest BCUT2D eigenvalue weighted by atomic mass is 10.0. The van der Waals surface area contributed by atoms with E-state index in [1.807, 2.05) is 17.7 Å². The smallest absolute Gasteiger partial charge is 0.261 e. The fraction of sp³-hybridized carbons (Fsp3) is 0.333. The Bertz CT molecular complexity index is 911. The maximum atomic E-state index is 13.1. The van der Waals surface area contributed by atoms with E-state index in [0.717, 1.165) is 34.6 Å². The molecule has 0 bridgehead atoms. The number of rotatable bonds is 5. The Balaban J connectivity index is 1.55. The fourth-order valence-corrected chi connectivity index (χ4v) is 3.99. The maximum Gasteiger partial charge on any atom is 0.261 e. The second kappa shape index (κ2) is 6.57. The summed E-state index contributed by atoms with van der Waals surface area (Å²) < 4.78 is 14.9. The first-order valence-corrected chi connectivity index (χ1v) is 9.12. The van der Waals surface area contributed by atoms with E-state index in [0.29, 0.717) is 23.9 Å². The Hall–Kier alpha value is -2.25. The minimum atomic E-state index is -0.248. The molecule has 5 nitrogen and oxygen atoms in total. The van der Waals surface area contributed by atoms with Crippen LogP contribution in [0.25, 0.3) is 10.2 Å². The van der Waals surface area contributed by atoms with Gasteiger partial charge in [-0.25, -0.2) is 4.39 Å². The molecule has 1 amide bonds. The number of carbonyl (C=O) groups is 1. The van der Waals surface area contributed by atoms with Gasteiger partial charge in [-0.2, -0.15) is 5.10 Å². The minimum absolute atomic E-state index is 0.0270. The van der Waals surface area contributed by atoms with Crippen molar-refractivity contribution in [3.05, 3.63) is 52.3 Å². The second-order valence-corrected chi connectivity index (χ2v) is 7.46. The van der Waals surface area contributed by atoms with Gasteiger partial charge >= 0.3 is 0 Å². The quantitative estimate of drug-likeness (QED) is 0.737. The van der Waals surface area contributed by atoms with E-state index >= 15 is 0 Å². The van der Waals surface area contributed by atoms with Crippen LogP contribution in [0.1, 0.15) is 20.9 Å². The van der Waals surface area contributed by atoms with Crippen molar-refractivity contribution >= 4 is 27.5 Å². The number of hydrogen-bond acceptors (Lipinski definition) is 4. The lowest BCUT2D eigenvalue weighted by molar-refractivity contribution is 0.0946. The molecule has 1 aliphatic heterocycles. The predicted molar refractivity (Wildman–Crippen MR) is 96.5 cm³/mol. The molecule has 1 aliphatic rings. The van der Waals surface area contributed by atoms with E-state index in [2.05, 4.69) is 15.7 Å². The van der Waals surface area contributed by atoms with E-state index < -0.39 is 0 Å². The van der Waals surface area contributed by atoms with Gasteiger partial charge in [-0.15, -0.1) is 11.3 Å². The van der Waals surface area contributed by atoms with Crippen molar-refractivity contribution in [2.45, 2.75) is 13.5 Å². The van der Waals surface area contributed by atoms with E-state index in [-0.39, 0.29) is 11.7 Å². The summed E-state index contributed by atoms with van der Waals surface area (Å²) in [6, 6.07) is 8.33. The predicted octanol–water partition coefficient (Wildman–Crippen LogP) is 2.54. The molecule has 0 saturated carbocycles. The first-order valence-electron chi connectivity index (χ1n) is 8.30. The molecule has 0 unspecified atom stereocenters. The molecule has 3 heterocycles. The Morgan fingerprint density at radius 3 is 2.84 bits per heavy atom. The molecule has 7 heteroatoms. The summed E-state index contributed by atoms with van der Waals surface area (Å²) in [4.78, 5) is 14.1. The number of nitrogens with zero attached hydrogens (tertiary/aromatic N) is 2. The van der Waals surface area contributed by atoms with Gasteiger partial charge in [0.1, 0.15) is 10.6 Å². The highest BCUT2D eigenvalue weighted by Gasteiger charge is 2.20. The number of halogens is 1. The van der Waals surface area contributed by atoms with E-state index in [1.165, 1.54) is 23.5 Å². The van der Waals surface area contributed by atoms with Gasteiger partial charge in [-0.3, -0.25) is 9.48 Å². The van der Waals surface area contributed by atoms with Crippen molar-refractivity contribution in [1.82, 2.24) is 20.4 Å². The molecular weight excluding hydrogens is 339 g/mol. The Morgan fingerprint density at radius 2 is 2.16 bits per heavy atom. The zero-order chi connectivity index (χ0) is 17.4. The molecule has 0 spiro atoms. The number of aryl methyl sites for hydroxylation is 1. The topological polar surface area (TPSA) is 59.0 Å². The second-order valence-electron chi connectivity index (χ2n) is 6.43. The Kier molecular flexibility index (Phi) is 4.27. The number of nitrogens with one attached hydrogen (secondary N) is 2. The Morgan fingerprint density at radius 1 is 1.40 bits per heavy atom. The lowest BCUT2D eigenvalue weighted by Crippen LogP contribution is -2.48. The molecule has 1 aromatic carbocycles. The molecule has 2 N–H and O–H groups in total. The van der Waals surface area contributed by atoms with Crippen LogP contribution < -0.4 is 10.6 Å². The lowest BCUT2D eigenvalue weighted by Gasteiger charge is -2.26. The summed E-state index contributed by atoms with van der Waals surface area (Å²) >= 11 is 1.45. The SMILES string of the molecule is Cc1nn(Cc2ccc(F)cc2)c2sc(C(=O)NCC3CNC3)cc12. The number of hydrogen-bond donors (Lipinski definition) is 2. The highest BCUT2D eigenvalue weighted by atomic mass is 32.1. The van der Waals surface area contributed by atoms with Crippen LogP contribution in [0.2, 0.25) is 0 Å². The number of thiophene rings is 1. The fourth-order valence-electron chi connectivity index (χ4n) is 2.91. The van der Waals surface area contributed by atoms with E-state index in [9.17, 15) is 9.18 Å². The molecule has 1 saturated heterocycles. The third-order valence-electron chi connectivity index (χ3n) is 4.49. The van der Waals surface area contributed by atoms with Gasteiger partial charge in [-0.1, -0.05) is 12.1 Å². The average molecular weight is 358 g/mol. The van der Waals surface area contributed by atoms with E-state index in [4.69, 9.17) is 0 Å². The van der Waals surface area contributed by atoms with Gasteiger partial charge in [-0.05, 0) is 30.7 Å². The average Bonchev–Trinajstić information content (AvgIpc) is 3.10. The summed E-state index contributed by atoms with van der Waals surface area (Å²) in [5.41, 5.74) is 1.87. The van der Waals surface area contributed by atoms with Crippen LogP contribution >= 0.6 is 11.3 Å². The summed E-state index contributed by atoms with van der Waals surface area (Å²) in [5.74, 6) is 0.261. The van der Waals surface area contributed by atoms with Gasteiger partial charge in [0.25, 0.3) is 5.91 Å². The number of benzene rings is 1. The number of carbonyl (C=O) groups excluding carboxylic acids is 1. The first-order chi connectivity index (χ1) is 12.1. The van der Waals surface area contributed by atoms with Gasteiger partial charge in [0, 0.05) is 30.9 Å². The molecule has 2 aromatic heterocycles.